The molecule has 0 aliphatic carbocycles. The van der Waals surface area contributed by atoms with Gasteiger partial charge in [-0.3, -0.25) is 15.0 Å². The van der Waals surface area contributed by atoms with Crippen LogP contribution in [0.3, 0.4) is 0 Å². The zero-order chi connectivity index (χ0) is 22.7. The Morgan fingerprint density at radius 3 is 2.44 bits per heavy atom. The first-order chi connectivity index (χ1) is 15.4. The molecule has 3 aromatic rings. The summed E-state index contributed by atoms with van der Waals surface area (Å²) in [7, 11) is 1.79. The van der Waals surface area contributed by atoms with Crippen LogP contribution >= 0.6 is 0 Å². The summed E-state index contributed by atoms with van der Waals surface area (Å²) in [6.07, 6.45) is 1.07. The predicted molar refractivity (Wildman–Crippen MR) is 124 cm³/mol. The predicted octanol–water partition coefficient (Wildman–Crippen LogP) is 3.25. The number of hydrogen-bond donors (Lipinski definition) is 2. The van der Waals surface area contributed by atoms with Crippen LogP contribution in [-0.4, -0.2) is 42.0 Å². The van der Waals surface area contributed by atoms with Crippen molar-refractivity contribution in [2.24, 2.45) is 0 Å². The van der Waals surface area contributed by atoms with Crippen LogP contribution in [0.25, 0.3) is 10.8 Å². The first-order valence-corrected chi connectivity index (χ1v) is 10.6. The summed E-state index contributed by atoms with van der Waals surface area (Å²) in [6.45, 7) is 1.68. The van der Waals surface area contributed by atoms with E-state index < -0.39 is 23.4 Å². The number of hydrazine groups is 1. The minimum atomic E-state index is -1.07. The lowest BCUT2D eigenvalue weighted by Gasteiger charge is -2.23. The Balaban J connectivity index is 1.37. The van der Waals surface area contributed by atoms with E-state index in [0.29, 0.717) is 12.8 Å². The molecule has 1 aliphatic rings. The highest BCUT2D eigenvalue weighted by Gasteiger charge is 2.48. The van der Waals surface area contributed by atoms with Gasteiger partial charge in [0.2, 0.25) is 0 Å². The normalized spacial score (nSPS) is 18.0. The van der Waals surface area contributed by atoms with E-state index in [2.05, 4.69) is 10.7 Å². The molecule has 1 atom stereocenters. The van der Waals surface area contributed by atoms with Gasteiger partial charge in [0.25, 0.3) is 11.8 Å². The van der Waals surface area contributed by atoms with Crippen LogP contribution in [0.1, 0.15) is 18.9 Å². The topological polar surface area (TPSA) is 81.8 Å². The number of hydrogen-bond acceptors (Lipinski definition) is 4. The molecule has 7 nitrogen and oxygen atoms in total. The van der Waals surface area contributed by atoms with E-state index in [1.54, 1.807) is 18.9 Å². The van der Waals surface area contributed by atoms with Gasteiger partial charge in [-0.15, -0.1) is 0 Å². The Morgan fingerprint density at radius 2 is 1.69 bits per heavy atom. The number of likely N-dealkylation sites (N-methyl/N-ethyl adjacent to an activating group) is 1. The number of carbonyl (C=O) groups excluding carboxylic acids is 3. The maximum Gasteiger partial charge on any atom is 0.344 e. The molecular weight excluding hydrogens is 404 g/mol. The van der Waals surface area contributed by atoms with Gasteiger partial charge in [0.1, 0.15) is 5.54 Å². The first kappa shape index (κ1) is 21.4. The van der Waals surface area contributed by atoms with Crippen LogP contribution < -0.4 is 15.6 Å². The monoisotopic (exact) mass is 430 g/mol. The molecule has 2 N–H and O–H groups in total. The third kappa shape index (κ3) is 4.42. The molecule has 1 aliphatic heterocycles. The molecular formula is C25H26N4O3. The second-order valence-electron chi connectivity index (χ2n) is 8.31. The number of urea groups is 1. The van der Waals surface area contributed by atoms with Crippen LogP contribution in [0, 0.1) is 0 Å². The largest absolute Gasteiger partial charge is 0.365 e. The summed E-state index contributed by atoms with van der Waals surface area (Å²) in [5, 5.41) is 5.70. The molecule has 4 rings (SSSR count). The Kier molecular flexibility index (Phi) is 5.81. The van der Waals surface area contributed by atoms with Crippen molar-refractivity contribution in [1.82, 2.24) is 15.8 Å². The average molecular weight is 431 g/mol. The molecule has 164 valence electrons. The SMILES string of the molecule is CN(CC(=O)NN1C(=O)NC(C)(CCc2ccccc2)C1=O)c1ccc2ccccc2c1. The molecule has 1 unspecified atom stereocenters. The number of anilines is 1. The maximum atomic E-state index is 12.9. The van der Waals surface area contributed by atoms with Crippen molar-refractivity contribution < 1.29 is 14.4 Å². The van der Waals surface area contributed by atoms with Gasteiger partial charge >= 0.3 is 6.03 Å². The fraction of sp³-hybridized carbons (Fsp3) is 0.240. The number of carbonyl (C=O) groups is 3. The molecule has 0 saturated carbocycles. The van der Waals surface area contributed by atoms with E-state index in [0.717, 1.165) is 27.0 Å². The number of nitrogens with one attached hydrogen (secondary N) is 2. The van der Waals surface area contributed by atoms with Crippen LogP contribution in [0.5, 0.6) is 0 Å². The van der Waals surface area contributed by atoms with Gasteiger partial charge in [-0.2, -0.15) is 5.01 Å². The molecule has 0 radical (unpaired) electrons. The summed E-state index contributed by atoms with van der Waals surface area (Å²) in [5.74, 6) is -0.906. The number of rotatable bonds is 7. The highest BCUT2D eigenvalue weighted by atomic mass is 16.2. The lowest BCUT2D eigenvalue weighted by atomic mass is 9.93. The van der Waals surface area contributed by atoms with Crippen LogP contribution in [0.4, 0.5) is 10.5 Å². The number of aryl methyl sites for hydroxylation is 1. The van der Waals surface area contributed by atoms with Crippen molar-refractivity contribution in [2.75, 3.05) is 18.5 Å². The van der Waals surface area contributed by atoms with Gasteiger partial charge in [-0.05, 0) is 48.2 Å². The minimum absolute atomic E-state index is 0.00384. The fourth-order valence-corrected chi connectivity index (χ4v) is 3.88. The third-order valence-corrected chi connectivity index (χ3v) is 5.81. The average Bonchev–Trinajstić information content (AvgIpc) is 3.01. The zero-order valence-electron chi connectivity index (χ0n) is 18.2. The highest BCUT2D eigenvalue weighted by Crippen LogP contribution is 2.23. The fourth-order valence-electron chi connectivity index (χ4n) is 3.88. The lowest BCUT2D eigenvalue weighted by Crippen LogP contribution is -2.51. The van der Waals surface area contributed by atoms with Crippen molar-refractivity contribution in [3.8, 4) is 0 Å². The molecule has 3 aromatic carbocycles. The van der Waals surface area contributed by atoms with Crippen molar-refractivity contribution in [3.05, 3.63) is 78.4 Å². The summed E-state index contributed by atoms with van der Waals surface area (Å²) in [4.78, 5) is 39.7. The molecule has 4 amide bonds. The number of imide groups is 1. The standard InChI is InChI=1S/C25H26N4O3/c1-25(15-14-18-8-4-3-5-9-18)23(31)29(24(32)26-25)27-22(30)17-28(2)21-13-12-19-10-6-7-11-20(19)16-21/h3-13,16H,14-15,17H2,1-2H3,(H,26,32)(H,27,30). The Morgan fingerprint density at radius 1 is 1.00 bits per heavy atom. The highest BCUT2D eigenvalue weighted by molar-refractivity contribution is 6.07. The van der Waals surface area contributed by atoms with Crippen molar-refractivity contribution >= 4 is 34.3 Å². The lowest BCUT2D eigenvalue weighted by molar-refractivity contribution is -0.138. The molecule has 0 bridgehead atoms. The van der Waals surface area contributed by atoms with Crippen LogP contribution in [0.15, 0.2) is 72.8 Å². The maximum absolute atomic E-state index is 12.9. The van der Waals surface area contributed by atoms with Crippen molar-refractivity contribution in [2.45, 2.75) is 25.3 Å². The molecule has 1 heterocycles. The van der Waals surface area contributed by atoms with Crippen LogP contribution in [0.2, 0.25) is 0 Å². The number of amides is 4. The van der Waals surface area contributed by atoms with Crippen molar-refractivity contribution in [1.29, 1.82) is 0 Å². The molecule has 0 spiro atoms. The second-order valence-corrected chi connectivity index (χ2v) is 8.31. The number of benzene rings is 3. The summed E-state index contributed by atoms with van der Waals surface area (Å²) in [6, 6.07) is 23.0. The third-order valence-electron chi connectivity index (χ3n) is 5.81. The Labute approximate surface area is 187 Å². The molecule has 1 saturated heterocycles. The van der Waals surface area contributed by atoms with E-state index >= 15 is 0 Å². The number of nitrogens with zero attached hydrogens (tertiary/aromatic N) is 2. The van der Waals surface area contributed by atoms with E-state index in [9.17, 15) is 14.4 Å². The van der Waals surface area contributed by atoms with Gasteiger partial charge in [-0.1, -0.05) is 60.7 Å². The quantitative estimate of drug-likeness (QED) is 0.564. The summed E-state index contributed by atoms with van der Waals surface area (Å²) >= 11 is 0. The van der Waals surface area contributed by atoms with Gasteiger partial charge < -0.3 is 10.2 Å². The second kappa shape index (κ2) is 8.70. The minimum Gasteiger partial charge on any atom is -0.365 e. The molecule has 1 fully saturated rings. The van der Waals surface area contributed by atoms with Crippen LogP contribution in [-0.2, 0) is 16.0 Å². The van der Waals surface area contributed by atoms with Gasteiger partial charge in [0.15, 0.2) is 0 Å². The molecule has 0 aromatic heterocycles. The number of fused-ring (bicyclic) bond motifs is 1. The smallest absolute Gasteiger partial charge is 0.344 e. The molecule has 32 heavy (non-hydrogen) atoms. The Hall–Kier alpha value is -3.87. The summed E-state index contributed by atoms with van der Waals surface area (Å²) in [5.41, 5.74) is 3.34. The van der Waals surface area contributed by atoms with Crippen molar-refractivity contribution in [3.63, 3.8) is 0 Å². The van der Waals surface area contributed by atoms with Gasteiger partial charge in [0, 0.05) is 12.7 Å². The van der Waals surface area contributed by atoms with E-state index in [-0.39, 0.29) is 6.54 Å². The molecule has 7 heteroatoms. The van der Waals surface area contributed by atoms with E-state index in [1.807, 2.05) is 72.8 Å². The van der Waals surface area contributed by atoms with Gasteiger partial charge in [-0.25, -0.2) is 4.79 Å². The van der Waals surface area contributed by atoms with E-state index in [1.165, 1.54) is 0 Å². The summed E-state index contributed by atoms with van der Waals surface area (Å²) < 4.78 is 0. The van der Waals surface area contributed by atoms with E-state index in [4.69, 9.17) is 0 Å². The zero-order valence-corrected chi connectivity index (χ0v) is 18.2. The van der Waals surface area contributed by atoms with Gasteiger partial charge in [0.05, 0.1) is 6.54 Å². The Bertz CT molecular complexity index is 1160. The first-order valence-electron chi connectivity index (χ1n) is 10.6.